The molecular weight excluding hydrogens is 366 g/mol. The highest BCUT2D eigenvalue weighted by atomic mass is 35.5. The average Bonchev–Trinajstić information content (AvgIpc) is 2.53. The number of halogens is 1. The van der Waals surface area contributed by atoms with E-state index in [1.165, 1.54) is 12.4 Å². The molecule has 6 nitrogen and oxygen atoms in total. The molecule has 1 amide bonds. The predicted octanol–water partition coefficient (Wildman–Crippen LogP) is 4.09. The van der Waals surface area contributed by atoms with Gasteiger partial charge in [0.25, 0.3) is 5.91 Å². The van der Waals surface area contributed by atoms with Crippen LogP contribution in [0.3, 0.4) is 0 Å². The first-order valence-electron chi connectivity index (χ1n) is 8.97. The fourth-order valence-corrected chi connectivity index (χ4v) is 3.53. The van der Waals surface area contributed by atoms with Gasteiger partial charge in [-0.3, -0.25) is 9.59 Å². The molecule has 1 saturated carbocycles. The van der Waals surface area contributed by atoms with Crippen LogP contribution in [0.25, 0.3) is 0 Å². The van der Waals surface area contributed by atoms with E-state index in [-0.39, 0.29) is 5.91 Å². The van der Waals surface area contributed by atoms with E-state index in [4.69, 9.17) is 11.6 Å². The van der Waals surface area contributed by atoms with E-state index in [9.17, 15) is 14.7 Å². The topological polar surface area (TPSA) is 92.2 Å². The van der Waals surface area contributed by atoms with Gasteiger partial charge in [-0.05, 0) is 48.9 Å². The number of carboxylic acid groups (broad SMARTS) is 1. The lowest BCUT2D eigenvalue weighted by Gasteiger charge is -2.35. The van der Waals surface area contributed by atoms with Crippen LogP contribution in [0.2, 0.25) is 5.02 Å². The Morgan fingerprint density at radius 2 is 1.89 bits per heavy atom. The van der Waals surface area contributed by atoms with Gasteiger partial charge in [0.2, 0.25) is 0 Å². The molecule has 27 heavy (non-hydrogen) atoms. The van der Waals surface area contributed by atoms with Gasteiger partial charge in [-0.15, -0.1) is 0 Å². The molecule has 2 aromatic rings. The molecule has 0 spiro atoms. The van der Waals surface area contributed by atoms with E-state index in [0.717, 1.165) is 18.4 Å². The van der Waals surface area contributed by atoms with E-state index < -0.39 is 11.4 Å². The second-order valence-corrected chi connectivity index (χ2v) is 7.87. The predicted molar refractivity (Wildman–Crippen MR) is 103 cm³/mol. The molecule has 1 fully saturated rings. The Kier molecular flexibility index (Phi) is 5.46. The fourth-order valence-electron chi connectivity index (χ4n) is 3.28. The summed E-state index contributed by atoms with van der Waals surface area (Å²) in [5.74, 6) is -0.466. The van der Waals surface area contributed by atoms with Crippen molar-refractivity contribution in [2.45, 2.75) is 44.9 Å². The molecule has 1 aliphatic rings. The Bertz CT molecular complexity index is 861. The number of nitrogens with one attached hydrogen (secondary N) is 1. The number of rotatable bonds is 6. The summed E-state index contributed by atoms with van der Waals surface area (Å²) in [5, 5.41) is 12.7. The molecule has 0 unspecified atom stereocenters. The summed E-state index contributed by atoms with van der Waals surface area (Å²) >= 11 is 6.14. The van der Waals surface area contributed by atoms with Crippen molar-refractivity contribution in [1.82, 2.24) is 9.97 Å². The van der Waals surface area contributed by atoms with E-state index in [0.29, 0.717) is 40.9 Å². The third-order valence-corrected chi connectivity index (χ3v) is 5.04. The van der Waals surface area contributed by atoms with E-state index in [2.05, 4.69) is 29.1 Å². The van der Waals surface area contributed by atoms with Crippen LogP contribution in [0.1, 0.15) is 54.9 Å². The molecule has 1 aromatic carbocycles. The second kappa shape index (κ2) is 7.64. The van der Waals surface area contributed by atoms with Gasteiger partial charge in [-0.1, -0.05) is 31.9 Å². The minimum atomic E-state index is -0.985. The zero-order valence-corrected chi connectivity index (χ0v) is 16.1. The summed E-state index contributed by atoms with van der Waals surface area (Å²) in [6.07, 6.45) is 5.65. The van der Waals surface area contributed by atoms with Crippen molar-refractivity contribution < 1.29 is 14.7 Å². The van der Waals surface area contributed by atoms with Crippen LogP contribution in [-0.2, 0) is 16.6 Å². The Balaban J connectivity index is 1.75. The van der Waals surface area contributed by atoms with Gasteiger partial charge in [0.05, 0.1) is 18.1 Å². The standard InChI is InChI=1S/C20H22ClN3O3/c1-12(2)6-13-7-14(9-15(21)8-13)17(25)24-16-10-22-18(23-11-16)20(19(26)27)4-3-5-20/h7-12H,3-6H2,1-2H3,(H,24,25)(H,26,27). The molecular formula is C20H22ClN3O3. The smallest absolute Gasteiger partial charge is 0.317 e. The molecule has 0 saturated heterocycles. The van der Waals surface area contributed by atoms with Crippen molar-refractivity contribution in [1.29, 1.82) is 0 Å². The minimum absolute atomic E-state index is 0.293. The summed E-state index contributed by atoms with van der Waals surface area (Å²) in [5.41, 5.74) is 0.890. The third kappa shape index (κ3) is 4.11. The fraction of sp³-hybridized carbons (Fsp3) is 0.400. The molecule has 1 aliphatic carbocycles. The number of carbonyl (C=O) groups is 2. The van der Waals surface area contributed by atoms with E-state index in [1.54, 1.807) is 6.07 Å². The number of benzene rings is 1. The third-order valence-electron chi connectivity index (χ3n) is 4.82. The van der Waals surface area contributed by atoms with Crippen LogP contribution >= 0.6 is 11.6 Å². The Hall–Kier alpha value is -2.47. The lowest BCUT2D eigenvalue weighted by molar-refractivity contribution is -0.147. The van der Waals surface area contributed by atoms with Gasteiger partial charge in [0, 0.05) is 10.6 Å². The molecule has 0 radical (unpaired) electrons. The summed E-state index contributed by atoms with van der Waals surface area (Å²) in [6.45, 7) is 4.21. The van der Waals surface area contributed by atoms with Crippen LogP contribution in [0.4, 0.5) is 5.69 Å². The molecule has 0 bridgehead atoms. The molecule has 3 rings (SSSR count). The zero-order valence-electron chi connectivity index (χ0n) is 15.3. The number of carboxylic acids is 1. The van der Waals surface area contributed by atoms with Crippen molar-refractivity contribution in [2.24, 2.45) is 5.92 Å². The molecule has 1 heterocycles. The SMILES string of the molecule is CC(C)Cc1cc(Cl)cc(C(=O)Nc2cnc(C3(C(=O)O)CCC3)nc2)c1. The molecule has 142 valence electrons. The monoisotopic (exact) mass is 387 g/mol. The number of anilines is 1. The van der Waals surface area contributed by atoms with Gasteiger partial charge in [0.15, 0.2) is 0 Å². The average molecular weight is 388 g/mol. The highest BCUT2D eigenvalue weighted by Gasteiger charge is 2.48. The van der Waals surface area contributed by atoms with Crippen molar-refractivity contribution in [2.75, 3.05) is 5.32 Å². The van der Waals surface area contributed by atoms with Gasteiger partial charge in [-0.25, -0.2) is 9.97 Å². The largest absolute Gasteiger partial charge is 0.480 e. The zero-order chi connectivity index (χ0) is 19.6. The Morgan fingerprint density at radius 3 is 2.41 bits per heavy atom. The highest BCUT2D eigenvalue weighted by Crippen LogP contribution is 2.42. The summed E-state index contributed by atoms with van der Waals surface area (Å²) in [4.78, 5) is 32.4. The Labute approximate surface area is 163 Å². The van der Waals surface area contributed by atoms with Gasteiger partial charge >= 0.3 is 5.97 Å². The number of aliphatic carboxylic acids is 1. The maximum atomic E-state index is 12.5. The molecule has 2 N–H and O–H groups in total. The quantitative estimate of drug-likeness (QED) is 0.778. The number of hydrogen-bond acceptors (Lipinski definition) is 4. The van der Waals surface area contributed by atoms with Crippen LogP contribution < -0.4 is 5.32 Å². The minimum Gasteiger partial charge on any atom is -0.480 e. The van der Waals surface area contributed by atoms with E-state index >= 15 is 0 Å². The van der Waals surface area contributed by atoms with Crippen LogP contribution in [0, 0.1) is 5.92 Å². The Morgan fingerprint density at radius 1 is 1.22 bits per heavy atom. The molecule has 0 aliphatic heterocycles. The first kappa shape index (κ1) is 19.3. The number of nitrogens with zero attached hydrogens (tertiary/aromatic N) is 2. The van der Waals surface area contributed by atoms with Crippen LogP contribution in [0.15, 0.2) is 30.6 Å². The number of aromatic nitrogens is 2. The summed E-state index contributed by atoms with van der Waals surface area (Å²) < 4.78 is 0. The number of hydrogen-bond donors (Lipinski definition) is 2. The van der Waals surface area contributed by atoms with E-state index in [1.807, 2.05) is 12.1 Å². The highest BCUT2D eigenvalue weighted by molar-refractivity contribution is 6.31. The second-order valence-electron chi connectivity index (χ2n) is 7.44. The maximum absolute atomic E-state index is 12.5. The first-order valence-corrected chi connectivity index (χ1v) is 9.35. The number of carbonyl (C=O) groups excluding carboxylic acids is 1. The van der Waals surface area contributed by atoms with Crippen molar-refractivity contribution in [3.63, 3.8) is 0 Å². The van der Waals surface area contributed by atoms with Gasteiger partial charge < -0.3 is 10.4 Å². The molecule has 1 aromatic heterocycles. The lowest BCUT2D eigenvalue weighted by Crippen LogP contribution is -2.43. The maximum Gasteiger partial charge on any atom is 0.317 e. The van der Waals surface area contributed by atoms with Crippen LogP contribution in [0.5, 0.6) is 0 Å². The normalized spacial score (nSPS) is 15.3. The lowest BCUT2D eigenvalue weighted by atomic mass is 9.68. The van der Waals surface area contributed by atoms with Crippen molar-refractivity contribution in [3.8, 4) is 0 Å². The van der Waals surface area contributed by atoms with Crippen molar-refractivity contribution >= 4 is 29.2 Å². The molecule has 0 atom stereocenters. The van der Waals surface area contributed by atoms with Gasteiger partial charge in [-0.2, -0.15) is 0 Å². The number of amides is 1. The van der Waals surface area contributed by atoms with Crippen LogP contribution in [-0.4, -0.2) is 27.0 Å². The first-order chi connectivity index (χ1) is 12.8. The van der Waals surface area contributed by atoms with Crippen molar-refractivity contribution in [3.05, 3.63) is 52.6 Å². The van der Waals surface area contributed by atoms with Gasteiger partial charge in [0.1, 0.15) is 11.2 Å². The summed E-state index contributed by atoms with van der Waals surface area (Å²) in [7, 11) is 0. The molecule has 7 heteroatoms. The summed E-state index contributed by atoms with van der Waals surface area (Å²) in [6, 6.07) is 5.30.